The zero-order valence-electron chi connectivity index (χ0n) is 14.7. The summed E-state index contributed by atoms with van der Waals surface area (Å²) in [5.41, 5.74) is 2.11. The molecule has 3 rings (SSSR count). The van der Waals surface area contributed by atoms with Crippen LogP contribution in [0, 0.1) is 6.92 Å². The van der Waals surface area contributed by atoms with Crippen LogP contribution in [0.5, 0.6) is 17.2 Å². The number of hydrogen-bond acceptors (Lipinski definition) is 4. The van der Waals surface area contributed by atoms with Crippen LogP contribution in [-0.2, 0) is 4.79 Å². The van der Waals surface area contributed by atoms with Gasteiger partial charge in [-0.2, -0.15) is 0 Å². The molecule has 2 atom stereocenters. The first-order valence-electron chi connectivity index (χ1n) is 8.46. The van der Waals surface area contributed by atoms with Crippen LogP contribution in [0.1, 0.15) is 31.0 Å². The van der Waals surface area contributed by atoms with Gasteiger partial charge in [0.2, 0.25) is 0 Å². The lowest BCUT2D eigenvalue weighted by molar-refractivity contribution is -0.127. The smallest absolute Gasteiger partial charge is 0.261 e. The van der Waals surface area contributed by atoms with Crippen LogP contribution >= 0.6 is 0 Å². The number of amides is 1. The van der Waals surface area contributed by atoms with E-state index in [4.69, 9.17) is 14.2 Å². The Morgan fingerprint density at radius 2 is 1.72 bits per heavy atom. The van der Waals surface area contributed by atoms with Gasteiger partial charge < -0.3 is 19.5 Å². The monoisotopic (exact) mass is 341 g/mol. The molecule has 0 fully saturated rings. The number of carbonyl (C=O) groups is 1. The fraction of sp³-hybridized carbons (Fsp3) is 0.350. The number of fused-ring (bicyclic) bond motifs is 1. The van der Waals surface area contributed by atoms with Crippen molar-refractivity contribution in [1.29, 1.82) is 0 Å². The van der Waals surface area contributed by atoms with E-state index in [-0.39, 0.29) is 11.9 Å². The highest BCUT2D eigenvalue weighted by Crippen LogP contribution is 2.32. The Balaban J connectivity index is 1.60. The second-order valence-electron chi connectivity index (χ2n) is 6.21. The van der Waals surface area contributed by atoms with Crippen LogP contribution in [-0.4, -0.2) is 25.2 Å². The van der Waals surface area contributed by atoms with E-state index in [0.717, 1.165) is 16.9 Å². The van der Waals surface area contributed by atoms with Gasteiger partial charge in [0.05, 0.1) is 6.04 Å². The Labute approximate surface area is 147 Å². The van der Waals surface area contributed by atoms with Crippen molar-refractivity contribution < 1.29 is 19.0 Å². The number of benzene rings is 2. The van der Waals surface area contributed by atoms with Crippen LogP contribution in [0.3, 0.4) is 0 Å². The maximum Gasteiger partial charge on any atom is 0.261 e. The molecule has 0 aliphatic carbocycles. The summed E-state index contributed by atoms with van der Waals surface area (Å²) < 4.78 is 16.8. The first-order chi connectivity index (χ1) is 12.0. The quantitative estimate of drug-likeness (QED) is 0.905. The van der Waals surface area contributed by atoms with Gasteiger partial charge in [0, 0.05) is 0 Å². The fourth-order valence-corrected chi connectivity index (χ4v) is 2.62. The lowest BCUT2D eigenvalue weighted by Crippen LogP contribution is -2.37. The zero-order chi connectivity index (χ0) is 17.8. The van der Waals surface area contributed by atoms with E-state index in [1.165, 1.54) is 0 Å². The molecule has 0 bridgehead atoms. The third kappa shape index (κ3) is 4.24. The highest BCUT2D eigenvalue weighted by Gasteiger charge is 2.19. The van der Waals surface area contributed by atoms with Gasteiger partial charge >= 0.3 is 0 Å². The normalized spacial score (nSPS) is 15.2. The molecule has 25 heavy (non-hydrogen) atoms. The average molecular weight is 341 g/mol. The summed E-state index contributed by atoms with van der Waals surface area (Å²) in [4.78, 5) is 12.4. The van der Waals surface area contributed by atoms with Crippen molar-refractivity contribution in [3.63, 3.8) is 0 Å². The molecule has 5 heteroatoms. The molecule has 5 nitrogen and oxygen atoms in total. The summed E-state index contributed by atoms with van der Waals surface area (Å²) in [5.74, 6) is 1.97. The lowest BCUT2D eigenvalue weighted by Gasteiger charge is -2.22. The molecule has 1 heterocycles. The molecule has 0 spiro atoms. The van der Waals surface area contributed by atoms with Crippen molar-refractivity contribution in [3.05, 3.63) is 53.6 Å². The van der Waals surface area contributed by atoms with Crippen LogP contribution in [0.15, 0.2) is 42.5 Å². The molecule has 2 aromatic carbocycles. The molecule has 0 aromatic heterocycles. The van der Waals surface area contributed by atoms with Crippen molar-refractivity contribution in [3.8, 4) is 17.2 Å². The van der Waals surface area contributed by atoms with E-state index >= 15 is 0 Å². The van der Waals surface area contributed by atoms with Crippen molar-refractivity contribution in [2.24, 2.45) is 0 Å². The predicted molar refractivity (Wildman–Crippen MR) is 95.3 cm³/mol. The third-order valence-corrected chi connectivity index (χ3v) is 4.13. The van der Waals surface area contributed by atoms with Crippen LogP contribution in [0.4, 0.5) is 0 Å². The SMILES string of the molecule is Cc1ccc(O[C@H](C)C(=O)N[C@H](C)c2ccc3c(c2)OCCO3)cc1. The van der Waals surface area contributed by atoms with E-state index in [0.29, 0.717) is 24.7 Å². The maximum absolute atomic E-state index is 12.4. The molecule has 0 saturated carbocycles. The Kier molecular flexibility index (Phi) is 5.12. The molecular weight excluding hydrogens is 318 g/mol. The number of carbonyl (C=O) groups excluding carboxylic acids is 1. The Bertz CT molecular complexity index is 742. The van der Waals surface area contributed by atoms with Gasteiger partial charge in [-0.25, -0.2) is 0 Å². The largest absolute Gasteiger partial charge is 0.486 e. The first kappa shape index (κ1) is 17.1. The molecule has 132 valence electrons. The van der Waals surface area contributed by atoms with Crippen molar-refractivity contribution in [1.82, 2.24) is 5.32 Å². The number of aryl methyl sites for hydroxylation is 1. The van der Waals surface area contributed by atoms with E-state index in [1.54, 1.807) is 6.92 Å². The van der Waals surface area contributed by atoms with Gasteiger partial charge in [-0.1, -0.05) is 23.8 Å². The number of hydrogen-bond donors (Lipinski definition) is 1. The minimum Gasteiger partial charge on any atom is -0.486 e. The maximum atomic E-state index is 12.4. The minimum atomic E-state index is -0.581. The summed E-state index contributed by atoms with van der Waals surface area (Å²) in [7, 11) is 0. The lowest BCUT2D eigenvalue weighted by atomic mass is 10.1. The summed E-state index contributed by atoms with van der Waals surface area (Å²) in [6, 6.07) is 13.2. The third-order valence-electron chi connectivity index (χ3n) is 4.13. The zero-order valence-corrected chi connectivity index (χ0v) is 14.7. The topological polar surface area (TPSA) is 56.8 Å². The first-order valence-corrected chi connectivity index (χ1v) is 8.46. The Morgan fingerprint density at radius 1 is 1.04 bits per heavy atom. The van der Waals surface area contributed by atoms with Gasteiger partial charge in [0.1, 0.15) is 19.0 Å². The molecule has 0 radical (unpaired) electrons. The molecule has 1 aliphatic heterocycles. The van der Waals surface area contributed by atoms with Gasteiger partial charge in [0.15, 0.2) is 17.6 Å². The molecule has 0 unspecified atom stereocenters. The van der Waals surface area contributed by atoms with Crippen molar-refractivity contribution >= 4 is 5.91 Å². The molecule has 1 N–H and O–H groups in total. The van der Waals surface area contributed by atoms with Crippen LogP contribution < -0.4 is 19.5 Å². The standard InChI is InChI=1S/C20H23NO4/c1-13-4-7-17(8-5-13)25-15(3)20(22)21-14(2)16-6-9-18-19(12-16)24-11-10-23-18/h4-9,12,14-15H,10-11H2,1-3H3,(H,21,22)/t14-,15-/m1/s1. The minimum absolute atomic E-state index is 0.160. The molecule has 0 saturated heterocycles. The van der Waals surface area contributed by atoms with E-state index in [9.17, 15) is 4.79 Å². The number of nitrogens with one attached hydrogen (secondary N) is 1. The average Bonchev–Trinajstić information content (AvgIpc) is 2.63. The molecule has 1 amide bonds. The summed E-state index contributed by atoms with van der Waals surface area (Å²) >= 11 is 0. The molecule has 2 aromatic rings. The van der Waals surface area contributed by atoms with Crippen molar-refractivity contribution in [2.45, 2.75) is 32.9 Å². The summed E-state index contributed by atoms with van der Waals surface area (Å²) in [6.07, 6.45) is -0.581. The summed E-state index contributed by atoms with van der Waals surface area (Å²) in [6.45, 7) is 6.79. The van der Waals surface area contributed by atoms with Crippen LogP contribution in [0.25, 0.3) is 0 Å². The fourth-order valence-electron chi connectivity index (χ4n) is 2.62. The second-order valence-corrected chi connectivity index (χ2v) is 6.21. The van der Waals surface area contributed by atoms with E-state index in [1.807, 2.05) is 56.3 Å². The molecular formula is C20H23NO4. The van der Waals surface area contributed by atoms with Gasteiger partial charge in [-0.15, -0.1) is 0 Å². The number of ether oxygens (including phenoxy) is 3. The Hall–Kier alpha value is -2.69. The van der Waals surface area contributed by atoms with Crippen molar-refractivity contribution in [2.75, 3.05) is 13.2 Å². The second kappa shape index (κ2) is 7.47. The van der Waals surface area contributed by atoms with Gasteiger partial charge in [-0.3, -0.25) is 4.79 Å². The van der Waals surface area contributed by atoms with Crippen LogP contribution in [0.2, 0.25) is 0 Å². The summed E-state index contributed by atoms with van der Waals surface area (Å²) in [5, 5.41) is 2.97. The molecule has 1 aliphatic rings. The highest BCUT2D eigenvalue weighted by atomic mass is 16.6. The van der Waals surface area contributed by atoms with E-state index in [2.05, 4.69) is 5.32 Å². The van der Waals surface area contributed by atoms with Gasteiger partial charge in [0.25, 0.3) is 5.91 Å². The Morgan fingerprint density at radius 3 is 2.44 bits per heavy atom. The highest BCUT2D eigenvalue weighted by molar-refractivity contribution is 5.81. The predicted octanol–water partition coefficient (Wildman–Crippen LogP) is 3.41. The number of rotatable bonds is 5. The van der Waals surface area contributed by atoms with E-state index < -0.39 is 6.10 Å². The van der Waals surface area contributed by atoms with Gasteiger partial charge in [-0.05, 0) is 50.6 Å².